The summed E-state index contributed by atoms with van der Waals surface area (Å²) in [7, 11) is 0. The Labute approximate surface area is 139 Å². The highest BCUT2D eigenvalue weighted by Gasteiger charge is 2.24. The smallest absolute Gasteiger partial charge is 0.143 e. The van der Waals surface area contributed by atoms with E-state index in [4.69, 9.17) is 9.97 Å². The van der Waals surface area contributed by atoms with Crippen LogP contribution >= 0.6 is 22.6 Å². The first kappa shape index (κ1) is 14.8. The molecule has 21 heavy (non-hydrogen) atoms. The van der Waals surface area contributed by atoms with Crippen LogP contribution in [0.1, 0.15) is 32.0 Å². The van der Waals surface area contributed by atoms with Gasteiger partial charge in [0, 0.05) is 18.5 Å². The lowest BCUT2D eigenvalue weighted by Gasteiger charge is -2.13. The molecule has 4 heteroatoms. The Bertz CT molecular complexity index is 609. The first-order valence-electron chi connectivity index (χ1n) is 7.63. The molecule has 1 aliphatic rings. The molecule has 1 heterocycles. The summed E-state index contributed by atoms with van der Waals surface area (Å²) < 4.78 is 1.12. The predicted molar refractivity (Wildman–Crippen MR) is 95.4 cm³/mol. The lowest BCUT2D eigenvalue weighted by Crippen LogP contribution is -2.09. The van der Waals surface area contributed by atoms with Crippen molar-refractivity contribution in [3.05, 3.63) is 39.7 Å². The predicted octanol–water partition coefficient (Wildman–Crippen LogP) is 4.52. The molecule has 0 aliphatic heterocycles. The summed E-state index contributed by atoms with van der Waals surface area (Å²) in [4.78, 5) is 9.58. The van der Waals surface area contributed by atoms with E-state index in [2.05, 4.69) is 59.1 Å². The van der Waals surface area contributed by atoms with Crippen molar-refractivity contribution in [2.45, 2.75) is 32.6 Å². The van der Waals surface area contributed by atoms with E-state index in [9.17, 15) is 0 Å². The van der Waals surface area contributed by atoms with Crippen LogP contribution in [0.15, 0.2) is 30.3 Å². The van der Waals surface area contributed by atoms with Crippen LogP contribution in [0.5, 0.6) is 0 Å². The van der Waals surface area contributed by atoms with Crippen molar-refractivity contribution in [1.29, 1.82) is 0 Å². The maximum atomic E-state index is 4.83. The van der Waals surface area contributed by atoms with Crippen molar-refractivity contribution < 1.29 is 0 Å². The SMILES string of the molecule is CCCNc1nc(CC2CC2)nc(-c2ccccc2)c1I. The van der Waals surface area contributed by atoms with Crippen LogP contribution in [-0.2, 0) is 6.42 Å². The third-order valence-corrected chi connectivity index (χ3v) is 4.68. The van der Waals surface area contributed by atoms with Gasteiger partial charge >= 0.3 is 0 Å². The normalized spacial score (nSPS) is 14.2. The lowest BCUT2D eigenvalue weighted by molar-refractivity contribution is 0.769. The van der Waals surface area contributed by atoms with Crippen LogP contribution in [0.2, 0.25) is 0 Å². The fourth-order valence-electron chi connectivity index (χ4n) is 2.31. The van der Waals surface area contributed by atoms with Gasteiger partial charge in [-0.1, -0.05) is 37.3 Å². The number of halogens is 1. The van der Waals surface area contributed by atoms with Gasteiger partial charge in [-0.25, -0.2) is 9.97 Å². The monoisotopic (exact) mass is 393 g/mol. The molecule has 0 unspecified atom stereocenters. The molecule has 1 fully saturated rings. The van der Waals surface area contributed by atoms with Gasteiger partial charge in [-0.15, -0.1) is 0 Å². The maximum absolute atomic E-state index is 4.83. The Morgan fingerprint density at radius 1 is 1.19 bits per heavy atom. The molecule has 1 N–H and O–H groups in total. The van der Waals surface area contributed by atoms with Crippen molar-refractivity contribution in [3.8, 4) is 11.3 Å². The summed E-state index contributed by atoms with van der Waals surface area (Å²) >= 11 is 2.36. The fourth-order valence-corrected chi connectivity index (χ4v) is 3.06. The highest BCUT2D eigenvalue weighted by molar-refractivity contribution is 14.1. The van der Waals surface area contributed by atoms with E-state index in [1.807, 2.05) is 6.07 Å². The summed E-state index contributed by atoms with van der Waals surface area (Å²) in [6.45, 7) is 3.12. The molecule has 3 rings (SSSR count). The van der Waals surface area contributed by atoms with E-state index < -0.39 is 0 Å². The Balaban J connectivity index is 1.99. The second-order valence-corrected chi connectivity index (χ2v) is 6.67. The average Bonchev–Trinajstić information content (AvgIpc) is 3.32. The Kier molecular flexibility index (Phi) is 4.73. The molecular formula is C17H20IN3. The minimum atomic E-state index is 0.799. The number of benzene rings is 1. The Morgan fingerprint density at radius 2 is 1.95 bits per heavy atom. The molecule has 0 spiro atoms. The zero-order chi connectivity index (χ0) is 14.7. The maximum Gasteiger partial charge on any atom is 0.143 e. The molecule has 3 nitrogen and oxygen atoms in total. The van der Waals surface area contributed by atoms with Crippen molar-refractivity contribution in [2.75, 3.05) is 11.9 Å². The molecule has 0 saturated heterocycles. The van der Waals surface area contributed by atoms with E-state index in [1.165, 1.54) is 18.4 Å². The number of hydrogen-bond donors (Lipinski definition) is 1. The van der Waals surface area contributed by atoms with Crippen LogP contribution in [-0.4, -0.2) is 16.5 Å². The van der Waals surface area contributed by atoms with E-state index in [0.717, 1.165) is 46.2 Å². The average molecular weight is 393 g/mol. The molecule has 1 saturated carbocycles. The van der Waals surface area contributed by atoms with Crippen molar-refractivity contribution in [1.82, 2.24) is 9.97 Å². The highest BCUT2D eigenvalue weighted by atomic mass is 127. The van der Waals surface area contributed by atoms with Crippen LogP contribution in [0.25, 0.3) is 11.3 Å². The first-order valence-corrected chi connectivity index (χ1v) is 8.71. The van der Waals surface area contributed by atoms with Gasteiger partial charge in [0.2, 0.25) is 0 Å². The quantitative estimate of drug-likeness (QED) is 0.734. The van der Waals surface area contributed by atoms with Crippen LogP contribution in [0, 0.1) is 9.49 Å². The second-order valence-electron chi connectivity index (χ2n) is 5.59. The molecular weight excluding hydrogens is 373 g/mol. The molecule has 2 aromatic rings. The molecule has 0 radical (unpaired) electrons. The van der Waals surface area contributed by atoms with Gasteiger partial charge in [0.15, 0.2) is 0 Å². The third kappa shape index (κ3) is 3.73. The third-order valence-electron chi connectivity index (χ3n) is 3.66. The summed E-state index contributed by atoms with van der Waals surface area (Å²) in [6, 6.07) is 10.4. The second kappa shape index (κ2) is 6.73. The minimum absolute atomic E-state index is 0.799. The van der Waals surface area contributed by atoms with E-state index >= 15 is 0 Å². The fraction of sp³-hybridized carbons (Fsp3) is 0.412. The van der Waals surface area contributed by atoms with Gasteiger partial charge < -0.3 is 5.32 Å². The van der Waals surface area contributed by atoms with Crippen LogP contribution in [0.4, 0.5) is 5.82 Å². The van der Waals surface area contributed by atoms with Gasteiger partial charge in [-0.05, 0) is 47.8 Å². The molecule has 110 valence electrons. The summed E-state index contributed by atoms with van der Waals surface area (Å²) in [6.07, 6.45) is 4.76. The number of nitrogens with one attached hydrogen (secondary N) is 1. The Morgan fingerprint density at radius 3 is 2.62 bits per heavy atom. The van der Waals surface area contributed by atoms with Crippen LogP contribution < -0.4 is 5.32 Å². The van der Waals surface area contributed by atoms with Crippen molar-refractivity contribution in [2.24, 2.45) is 5.92 Å². The number of aromatic nitrogens is 2. The largest absolute Gasteiger partial charge is 0.369 e. The van der Waals surface area contributed by atoms with E-state index in [1.54, 1.807) is 0 Å². The topological polar surface area (TPSA) is 37.8 Å². The highest BCUT2D eigenvalue weighted by Crippen LogP contribution is 2.34. The zero-order valence-electron chi connectivity index (χ0n) is 12.3. The van der Waals surface area contributed by atoms with Gasteiger partial charge in [0.1, 0.15) is 11.6 Å². The van der Waals surface area contributed by atoms with Gasteiger partial charge in [-0.3, -0.25) is 0 Å². The zero-order valence-corrected chi connectivity index (χ0v) is 14.4. The van der Waals surface area contributed by atoms with Crippen LogP contribution in [0.3, 0.4) is 0 Å². The summed E-state index contributed by atoms with van der Waals surface area (Å²) in [5.41, 5.74) is 2.22. The van der Waals surface area contributed by atoms with E-state index in [0.29, 0.717) is 0 Å². The summed E-state index contributed by atoms with van der Waals surface area (Å²) in [5, 5.41) is 3.45. The van der Waals surface area contributed by atoms with Crippen molar-refractivity contribution in [3.63, 3.8) is 0 Å². The van der Waals surface area contributed by atoms with E-state index in [-0.39, 0.29) is 0 Å². The van der Waals surface area contributed by atoms with Gasteiger partial charge in [0.05, 0.1) is 9.26 Å². The molecule has 1 aromatic carbocycles. The van der Waals surface area contributed by atoms with Gasteiger partial charge in [-0.2, -0.15) is 0 Å². The number of hydrogen-bond acceptors (Lipinski definition) is 3. The molecule has 0 bridgehead atoms. The minimum Gasteiger partial charge on any atom is -0.369 e. The number of nitrogens with zero attached hydrogens (tertiary/aromatic N) is 2. The molecule has 0 atom stereocenters. The molecule has 1 aliphatic carbocycles. The number of rotatable bonds is 6. The standard InChI is InChI=1S/C17H20IN3/c1-2-10-19-17-15(18)16(13-6-4-3-5-7-13)20-14(21-17)11-12-8-9-12/h3-7,12H,2,8-11H2,1H3,(H,19,20,21). The summed E-state index contributed by atoms with van der Waals surface area (Å²) in [5.74, 6) is 2.77. The lowest BCUT2D eigenvalue weighted by atomic mass is 10.1. The first-order chi connectivity index (χ1) is 10.3. The molecule has 1 aromatic heterocycles. The Hall–Kier alpha value is -1.17. The number of anilines is 1. The van der Waals surface area contributed by atoms with Gasteiger partial charge in [0.25, 0.3) is 0 Å². The molecule has 0 amide bonds. The van der Waals surface area contributed by atoms with Crippen molar-refractivity contribution >= 4 is 28.4 Å².